The molecule has 3 rings (SSSR count). The maximum absolute atomic E-state index is 13.2. The summed E-state index contributed by atoms with van der Waals surface area (Å²) in [6.45, 7) is 4.18. The minimum Gasteiger partial charge on any atom is -0.306 e. The van der Waals surface area contributed by atoms with Crippen molar-refractivity contribution in [3.8, 4) is 0 Å². The van der Waals surface area contributed by atoms with Crippen LogP contribution in [0.25, 0.3) is 0 Å². The molecule has 130 valence electrons. The third kappa shape index (κ3) is 4.24. The Kier molecular flexibility index (Phi) is 4.85. The van der Waals surface area contributed by atoms with Crippen molar-refractivity contribution in [2.24, 2.45) is 0 Å². The van der Waals surface area contributed by atoms with E-state index in [9.17, 15) is 9.18 Å². The highest BCUT2D eigenvalue weighted by Crippen LogP contribution is 2.20. The van der Waals surface area contributed by atoms with E-state index in [2.05, 4.69) is 15.5 Å². The standard InChI is InChI=1S/C17H17ClFN5O/c1-11-6-12(2)24(21-11)10-16(25)20-17-15(18)9-23(22-17)8-13-4-3-5-14(19)7-13/h3-7,9H,8,10H2,1-2H3,(H,20,22,25). The molecule has 1 amide bonds. The number of anilines is 1. The zero-order valence-corrected chi connectivity index (χ0v) is 14.6. The van der Waals surface area contributed by atoms with E-state index in [1.165, 1.54) is 12.1 Å². The average Bonchev–Trinajstić information content (AvgIpc) is 3.01. The van der Waals surface area contributed by atoms with Crippen LogP contribution in [0.1, 0.15) is 17.0 Å². The fourth-order valence-corrected chi connectivity index (χ4v) is 2.73. The van der Waals surface area contributed by atoms with Gasteiger partial charge in [0.2, 0.25) is 5.91 Å². The molecule has 6 nitrogen and oxygen atoms in total. The summed E-state index contributed by atoms with van der Waals surface area (Å²) in [5.41, 5.74) is 2.50. The van der Waals surface area contributed by atoms with E-state index in [0.29, 0.717) is 11.6 Å². The number of amides is 1. The van der Waals surface area contributed by atoms with Crippen molar-refractivity contribution in [3.05, 3.63) is 64.3 Å². The average molecular weight is 362 g/mol. The van der Waals surface area contributed by atoms with Crippen molar-refractivity contribution in [1.82, 2.24) is 19.6 Å². The van der Waals surface area contributed by atoms with Gasteiger partial charge in [0.1, 0.15) is 17.4 Å². The molecule has 2 aromatic heterocycles. The van der Waals surface area contributed by atoms with Gasteiger partial charge in [-0.05, 0) is 37.6 Å². The Balaban J connectivity index is 1.68. The first-order valence-electron chi connectivity index (χ1n) is 7.69. The third-order valence-electron chi connectivity index (χ3n) is 3.61. The highest BCUT2D eigenvalue weighted by molar-refractivity contribution is 6.33. The van der Waals surface area contributed by atoms with Gasteiger partial charge in [-0.3, -0.25) is 14.2 Å². The lowest BCUT2D eigenvalue weighted by Gasteiger charge is -2.05. The van der Waals surface area contributed by atoms with E-state index >= 15 is 0 Å². The van der Waals surface area contributed by atoms with Crippen LogP contribution in [0.15, 0.2) is 36.5 Å². The number of hydrogen-bond acceptors (Lipinski definition) is 3. The summed E-state index contributed by atoms with van der Waals surface area (Å²) in [4.78, 5) is 12.2. The molecule has 0 spiro atoms. The minimum absolute atomic E-state index is 0.0761. The number of halogens is 2. The first-order valence-corrected chi connectivity index (χ1v) is 8.07. The molecule has 0 saturated carbocycles. The summed E-state index contributed by atoms with van der Waals surface area (Å²) in [7, 11) is 0. The van der Waals surface area contributed by atoms with Gasteiger partial charge in [0, 0.05) is 11.9 Å². The van der Waals surface area contributed by atoms with Crippen LogP contribution >= 0.6 is 11.6 Å². The molecule has 0 aliphatic carbocycles. The minimum atomic E-state index is -0.311. The van der Waals surface area contributed by atoms with Crippen LogP contribution in [0.2, 0.25) is 5.02 Å². The Morgan fingerprint density at radius 1 is 1.28 bits per heavy atom. The number of carbonyl (C=O) groups excluding carboxylic acids is 1. The Morgan fingerprint density at radius 3 is 2.76 bits per heavy atom. The van der Waals surface area contributed by atoms with Crippen molar-refractivity contribution in [3.63, 3.8) is 0 Å². The van der Waals surface area contributed by atoms with E-state index in [4.69, 9.17) is 11.6 Å². The smallest absolute Gasteiger partial charge is 0.247 e. The molecule has 0 fully saturated rings. The number of hydrogen-bond donors (Lipinski definition) is 1. The topological polar surface area (TPSA) is 64.7 Å². The van der Waals surface area contributed by atoms with Crippen LogP contribution in [0.5, 0.6) is 0 Å². The first-order chi connectivity index (χ1) is 11.9. The van der Waals surface area contributed by atoms with E-state index in [0.717, 1.165) is 17.0 Å². The second-order valence-corrected chi connectivity index (χ2v) is 6.19. The number of aryl methyl sites for hydroxylation is 2. The zero-order valence-electron chi connectivity index (χ0n) is 13.8. The van der Waals surface area contributed by atoms with Crippen molar-refractivity contribution >= 4 is 23.3 Å². The molecule has 2 heterocycles. The lowest BCUT2D eigenvalue weighted by molar-refractivity contribution is -0.117. The van der Waals surface area contributed by atoms with E-state index in [1.54, 1.807) is 27.7 Å². The molecule has 0 unspecified atom stereocenters. The van der Waals surface area contributed by atoms with Crippen LogP contribution in [0.4, 0.5) is 10.2 Å². The van der Waals surface area contributed by atoms with Gasteiger partial charge >= 0.3 is 0 Å². The second-order valence-electron chi connectivity index (χ2n) is 5.79. The molecule has 1 aromatic carbocycles. The van der Waals surface area contributed by atoms with Crippen molar-refractivity contribution in [2.75, 3.05) is 5.32 Å². The fourth-order valence-electron chi connectivity index (χ4n) is 2.53. The number of aromatic nitrogens is 4. The summed E-state index contributed by atoms with van der Waals surface area (Å²) in [6.07, 6.45) is 1.59. The number of rotatable bonds is 5. The largest absolute Gasteiger partial charge is 0.306 e. The summed E-state index contributed by atoms with van der Waals surface area (Å²) in [5, 5.41) is 11.5. The van der Waals surface area contributed by atoms with Gasteiger partial charge in [-0.1, -0.05) is 23.7 Å². The maximum Gasteiger partial charge on any atom is 0.247 e. The number of nitrogens with zero attached hydrogens (tertiary/aromatic N) is 4. The number of nitrogens with one attached hydrogen (secondary N) is 1. The van der Waals surface area contributed by atoms with Gasteiger partial charge in [-0.25, -0.2) is 4.39 Å². The van der Waals surface area contributed by atoms with Gasteiger partial charge in [-0.2, -0.15) is 10.2 Å². The third-order valence-corrected chi connectivity index (χ3v) is 3.88. The molecule has 25 heavy (non-hydrogen) atoms. The van der Waals surface area contributed by atoms with Crippen LogP contribution in [0, 0.1) is 19.7 Å². The van der Waals surface area contributed by atoms with Gasteiger partial charge in [0.25, 0.3) is 0 Å². The number of carbonyl (C=O) groups is 1. The molecule has 0 aliphatic rings. The molecule has 1 N–H and O–H groups in total. The molecule has 8 heteroatoms. The van der Waals surface area contributed by atoms with Crippen LogP contribution in [-0.2, 0) is 17.9 Å². The lowest BCUT2D eigenvalue weighted by Crippen LogP contribution is -2.20. The van der Waals surface area contributed by atoms with Gasteiger partial charge in [-0.15, -0.1) is 0 Å². The predicted molar refractivity (Wildman–Crippen MR) is 93.1 cm³/mol. The highest BCUT2D eigenvalue weighted by atomic mass is 35.5. The van der Waals surface area contributed by atoms with Crippen molar-refractivity contribution < 1.29 is 9.18 Å². The van der Waals surface area contributed by atoms with Gasteiger partial charge in [0.15, 0.2) is 5.82 Å². The summed E-state index contributed by atoms with van der Waals surface area (Å²) < 4.78 is 16.4. The summed E-state index contributed by atoms with van der Waals surface area (Å²) >= 11 is 6.13. The van der Waals surface area contributed by atoms with Crippen LogP contribution in [0.3, 0.4) is 0 Å². The second kappa shape index (κ2) is 7.06. The number of benzene rings is 1. The fraction of sp³-hybridized carbons (Fsp3) is 0.235. The quantitative estimate of drug-likeness (QED) is 0.759. The Morgan fingerprint density at radius 2 is 2.08 bits per heavy atom. The Bertz CT molecular complexity index is 918. The molecule has 0 radical (unpaired) electrons. The monoisotopic (exact) mass is 361 g/mol. The zero-order chi connectivity index (χ0) is 18.0. The van der Waals surface area contributed by atoms with Crippen LogP contribution < -0.4 is 5.32 Å². The molecule has 3 aromatic rings. The van der Waals surface area contributed by atoms with E-state index in [1.807, 2.05) is 19.9 Å². The normalized spacial score (nSPS) is 10.9. The summed E-state index contributed by atoms with van der Waals surface area (Å²) in [5.74, 6) is -0.317. The summed E-state index contributed by atoms with van der Waals surface area (Å²) in [6, 6.07) is 8.13. The van der Waals surface area contributed by atoms with Gasteiger partial charge in [0.05, 0.1) is 12.2 Å². The molecular formula is C17H17ClFN5O. The van der Waals surface area contributed by atoms with Crippen molar-refractivity contribution in [2.45, 2.75) is 26.9 Å². The molecule has 0 saturated heterocycles. The van der Waals surface area contributed by atoms with E-state index < -0.39 is 0 Å². The Labute approximate surface area is 149 Å². The molecular weight excluding hydrogens is 345 g/mol. The molecule has 0 atom stereocenters. The first kappa shape index (κ1) is 17.2. The van der Waals surface area contributed by atoms with E-state index in [-0.39, 0.29) is 24.1 Å². The van der Waals surface area contributed by atoms with Crippen molar-refractivity contribution in [1.29, 1.82) is 0 Å². The highest BCUT2D eigenvalue weighted by Gasteiger charge is 2.13. The SMILES string of the molecule is Cc1cc(C)n(CC(=O)Nc2nn(Cc3cccc(F)c3)cc2Cl)n1. The van der Waals surface area contributed by atoms with Gasteiger partial charge < -0.3 is 5.32 Å². The maximum atomic E-state index is 13.2. The lowest BCUT2D eigenvalue weighted by atomic mass is 10.2. The Hall–Kier alpha value is -2.67. The predicted octanol–water partition coefficient (Wildman–Crippen LogP) is 3.18. The molecule has 0 aliphatic heterocycles. The molecule has 0 bridgehead atoms. The van der Waals surface area contributed by atoms with Crippen LogP contribution in [-0.4, -0.2) is 25.5 Å².